The first-order valence-electron chi connectivity index (χ1n) is 4.28. The quantitative estimate of drug-likeness (QED) is 0.724. The van der Waals surface area contributed by atoms with Gasteiger partial charge in [-0.1, -0.05) is 13.0 Å². The van der Waals surface area contributed by atoms with Crippen molar-refractivity contribution in [2.45, 2.75) is 32.7 Å². The van der Waals surface area contributed by atoms with Crippen LogP contribution in [0.5, 0.6) is 0 Å². The smallest absolute Gasteiger partial charge is 0.0596 e. The molecule has 2 nitrogen and oxygen atoms in total. The summed E-state index contributed by atoms with van der Waals surface area (Å²) in [6.07, 6.45) is 2.92. The van der Waals surface area contributed by atoms with E-state index in [0.29, 0.717) is 0 Å². The summed E-state index contributed by atoms with van der Waals surface area (Å²) in [4.78, 5) is 4.30. The van der Waals surface area contributed by atoms with Crippen molar-refractivity contribution < 1.29 is 0 Å². The van der Waals surface area contributed by atoms with Gasteiger partial charge in [-0.15, -0.1) is 0 Å². The topological polar surface area (TPSA) is 38.9 Å². The van der Waals surface area contributed by atoms with Crippen molar-refractivity contribution in [3.8, 4) is 0 Å². The SMILES string of the molecule is CCc1ccc(C(C)(C)N)nc1. The molecule has 0 bridgehead atoms. The molecule has 1 aromatic rings. The van der Waals surface area contributed by atoms with Crippen LogP contribution < -0.4 is 5.73 Å². The number of rotatable bonds is 2. The Morgan fingerprint density at radius 1 is 1.42 bits per heavy atom. The summed E-state index contributed by atoms with van der Waals surface area (Å²) in [6, 6.07) is 4.08. The van der Waals surface area contributed by atoms with Gasteiger partial charge in [0.15, 0.2) is 0 Å². The third kappa shape index (κ3) is 2.05. The molecule has 0 aliphatic carbocycles. The van der Waals surface area contributed by atoms with Crippen LogP contribution in [0.25, 0.3) is 0 Å². The molecule has 2 heteroatoms. The molecule has 0 atom stereocenters. The zero-order valence-electron chi connectivity index (χ0n) is 7.96. The Balaban J connectivity index is 2.93. The molecule has 1 heterocycles. The average molecular weight is 164 g/mol. The molecule has 1 rings (SSSR count). The number of aryl methyl sites for hydroxylation is 1. The first kappa shape index (κ1) is 9.20. The van der Waals surface area contributed by atoms with E-state index in [9.17, 15) is 0 Å². The van der Waals surface area contributed by atoms with Crippen molar-refractivity contribution in [1.29, 1.82) is 0 Å². The summed E-state index contributed by atoms with van der Waals surface area (Å²) in [5.74, 6) is 0. The van der Waals surface area contributed by atoms with Gasteiger partial charge < -0.3 is 5.73 Å². The second-order valence-corrected chi connectivity index (χ2v) is 3.63. The lowest BCUT2D eigenvalue weighted by Crippen LogP contribution is -2.29. The second-order valence-electron chi connectivity index (χ2n) is 3.63. The number of nitrogens with zero attached hydrogens (tertiary/aromatic N) is 1. The highest BCUT2D eigenvalue weighted by molar-refractivity contribution is 5.18. The molecule has 0 aromatic carbocycles. The van der Waals surface area contributed by atoms with Crippen LogP contribution in [0.1, 0.15) is 32.0 Å². The summed E-state index contributed by atoms with van der Waals surface area (Å²) in [5, 5.41) is 0. The van der Waals surface area contributed by atoms with Crippen LogP contribution in [0, 0.1) is 0 Å². The molecule has 0 saturated heterocycles. The normalized spacial score (nSPS) is 11.7. The summed E-state index contributed by atoms with van der Waals surface area (Å²) in [5.41, 5.74) is 7.76. The number of aromatic nitrogens is 1. The lowest BCUT2D eigenvalue weighted by Gasteiger charge is -2.17. The maximum absolute atomic E-state index is 5.89. The van der Waals surface area contributed by atoms with E-state index in [1.54, 1.807) is 0 Å². The van der Waals surface area contributed by atoms with E-state index in [1.807, 2.05) is 26.1 Å². The molecule has 0 saturated carbocycles. The van der Waals surface area contributed by atoms with E-state index in [-0.39, 0.29) is 5.54 Å². The van der Waals surface area contributed by atoms with Gasteiger partial charge in [0, 0.05) is 6.20 Å². The average Bonchev–Trinajstić information content (AvgIpc) is 2.03. The minimum Gasteiger partial charge on any atom is -0.321 e. The van der Waals surface area contributed by atoms with E-state index in [1.165, 1.54) is 5.56 Å². The Kier molecular flexibility index (Phi) is 2.48. The summed E-state index contributed by atoms with van der Waals surface area (Å²) >= 11 is 0. The fraction of sp³-hybridized carbons (Fsp3) is 0.500. The van der Waals surface area contributed by atoms with Gasteiger partial charge in [-0.3, -0.25) is 4.98 Å². The van der Waals surface area contributed by atoms with Gasteiger partial charge in [-0.05, 0) is 31.9 Å². The Labute approximate surface area is 73.8 Å². The van der Waals surface area contributed by atoms with Crippen LogP contribution in [0.3, 0.4) is 0 Å². The number of nitrogens with two attached hydrogens (primary N) is 1. The highest BCUT2D eigenvalue weighted by Gasteiger charge is 2.14. The molecular formula is C10H16N2. The molecule has 0 fully saturated rings. The molecule has 2 N–H and O–H groups in total. The van der Waals surface area contributed by atoms with Crippen LogP contribution in [0.2, 0.25) is 0 Å². The minimum absolute atomic E-state index is 0.327. The highest BCUT2D eigenvalue weighted by Crippen LogP contribution is 2.13. The number of pyridine rings is 1. The van der Waals surface area contributed by atoms with E-state index >= 15 is 0 Å². The largest absolute Gasteiger partial charge is 0.321 e. The third-order valence-electron chi connectivity index (χ3n) is 1.89. The van der Waals surface area contributed by atoms with Crippen LogP contribution in [-0.4, -0.2) is 4.98 Å². The molecule has 0 amide bonds. The van der Waals surface area contributed by atoms with Crippen molar-refractivity contribution in [2.75, 3.05) is 0 Å². The summed E-state index contributed by atoms with van der Waals surface area (Å²) in [7, 11) is 0. The molecule has 12 heavy (non-hydrogen) atoms. The van der Waals surface area contributed by atoms with E-state index in [2.05, 4.69) is 18.0 Å². The van der Waals surface area contributed by atoms with Crippen LogP contribution in [0.4, 0.5) is 0 Å². The fourth-order valence-electron chi connectivity index (χ4n) is 1.01. The molecule has 0 aliphatic heterocycles. The Morgan fingerprint density at radius 2 is 2.08 bits per heavy atom. The Hall–Kier alpha value is -0.890. The lowest BCUT2D eigenvalue weighted by molar-refractivity contribution is 0.535. The molecule has 1 aromatic heterocycles. The van der Waals surface area contributed by atoms with E-state index < -0.39 is 0 Å². The van der Waals surface area contributed by atoms with Crippen molar-refractivity contribution in [3.63, 3.8) is 0 Å². The first-order chi connectivity index (χ1) is 5.54. The predicted octanol–water partition coefficient (Wildman–Crippen LogP) is 1.84. The van der Waals surface area contributed by atoms with Crippen molar-refractivity contribution in [3.05, 3.63) is 29.6 Å². The van der Waals surface area contributed by atoms with Gasteiger partial charge in [0.05, 0.1) is 11.2 Å². The monoisotopic (exact) mass is 164 g/mol. The first-order valence-corrected chi connectivity index (χ1v) is 4.28. The zero-order chi connectivity index (χ0) is 9.19. The zero-order valence-corrected chi connectivity index (χ0v) is 7.96. The number of hydrogen-bond acceptors (Lipinski definition) is 2. The second kappa shape index (κ2) is 3.23. The maximum Gasteiger partial charge on any atom is 0.0596 e. The van der Waals surface area contributed by atoms with Crippen LogP contribution in [0.15, 0.2) is 18.3 Å². The Morgan fingerprint density at radius 3 is 2.42 bits per heavy atom. The standard InChI is InChI=1S/C10H16N2/c1-4-8-5-6-9(12-7-8)10(2,3)11/h5-7H,4,11H2,1-3H3. The van der Waals surface area contributed by atoms with Gasteiger partial charge in [-0.25, -0.2) is 0 Å². The van der Waals surface area contributed by atoms with Gasteiger partial charge >= 0.3 is 0 Å². The van der Waals surface area contributed by atoms with Gasteiger partial charge in [0.1, 0.15) is 0 Å². The highest BCUT2D eigenvalue weighted by atomic mass is 14.8. The van der Waals surface area contributed by atoms with E-state index in [4.69, 9.17) is 5.73 Å². The van der Waals surface area contributed by atoms with Gasteiger partial charge in [0.25, 0.3) is 0 Å². The van der Waals surface area contributed by atoms with Crippen molar-refractivity contribution in [2.24, 2.45) is 5.73 Å². The summed E-state index contributed by atoms with van der Waals surface area (Å²) < 4.78 is 0. The molecular weight excluding hydrogens is 148 g/mol. The molecule has 0 spiro atoms. The molecule has 0 radical (unpaired) electrons. The summed E-state index contributed by atoms with van der Waals surface area (Å²) in [6.45, 7) is 6.03. The van der Waals surface area contributed by atoms with Crippen LogP contribution in [-0.2, 0) is 12.0 Å². The molecule has 0 aliphatic rings. The minimum atomic E-state index is -0.327. The van der Waals surface area contributed by atoms with Crippen molar-refractivity contribution >= 4 is 0 Å². The predicted molar refractivity (Wildman–Crippen MR) is 50.8 cm³/mol. The molecule has 66 valence electrons. The Bertz CT molecular complexity index is 244. The maximum atomic E-state index is 5.89. The third-order valence-corrected chi connectivity index (χ3v) is 1.89. The van der Waals surface area contributed by atoms with Gasteiger partial charge in [0.2, 0.25) is 0 Å². The fourth-order valence-corrected chi connectivity index (χ4v) is 1.01. The van der Waals surface area contributed by atoms with E-state index in [0.717, 1.165) is 12.1 Å². The lowest BCUT2D eigenvalue weighted by atomic mass is 10.0. The molecule has 0 unspecified atom stereocenters. The van der Waals surface area contributed by atoms with Gasteiger partial charge in [-0.2, -0.15) is 0 Å². The number of hydrogen-bond donors (Lipinski definition) is 1. The van der Waals surface area contributed by atoms with Crippen LogP contribution >= 0.6 is 0 Å². The van der Waals surface area contributed by atoms with Crippen molar-refractivity contribution in [1.82, 2.24) is 4.98 Å².